The smallest absolute Gasteiger partial charge is 0.254 e. The minimum Gasteiger partial charge on any atom is -0.487 e. The molecule has 2 nitrogen and oxygen atoms in total. The molecule has 0 atom stereocenters. The largest absolute Gasteiger partial charge is 0.487 e. The Labute approximate surface area is 80.9 Å². The maximum absolute atomic E-state index is 8.47. The van der Waals surface area contributed by atoms with E-state index >= 15 is 0 Å². The summed E-state index contributed by atoms with van der Waals surface area (Å²) in [5.74, 6) is 0. The fourth-order valence-corrected chi connectivity index (χ4v) is 0.672. The first-order valence-electron chi connectivity index (χ1n) is 3.24. The molecule has 0 aromatic rings. The predicted molar refractivity (Wildman–Crippen MR) is 45.8 cm³/mol. The Morgan fingerprint density at radius 2 is 2.10 bits per heavy atom. The standard InChI is InChI=1S/C5H12BNOS.Zn/c6-3-1-2-4-7-5(8)9;/h1-4,6H2,(H2,7,8,9);. The van der Waals surface area contributed by atoms with Crippen molar-refractivity contribution in [2.45, 2.75) is 19.2 Å². The summed E-state index contributed by atoms with van der Waals surface area (Å²) in [7, 11) is 2.14. The first-order valence-corrected chi connectivity index (χ1v) is 3.65. The number of aliphatic hydroxyl groups is 1. The zero-order chi connectivity index (χ0) is 7.11. The molecule has 5 heteroatoms. The molecule has 0 aliphatic heterocycles. The summed E-state index contributed by atoms with van der Waals surface area (Å²) in [6.45, 7) is 0.795. The molecule has 2 N–H and O–H groups in total. The van der Waals surface area contributed by atoms with Crippen LogP contribution in [0.3, 0.4) is 0 Å². The number of hydrogen-bond donors (Lipinski definition) is 2. The van der Waals surface area contributed by atoms with Crippen molar-refractivity contribution in [3.63, 3.8) is 0 Å². The maximum atomic E-state index is 8.47. The molecule has 54 valence electrons. The summed E-state index contributed by atoms with van der Waals surface area (Å²) in [6.07, 6.45) is 3.46. The third kappa shape index (κ3) is 11.2. The van der Waals surface area contributed by atoms with E-state index in [-0.39, 0.29) is 24.7 Å². The average molecular weight is 210 g/mol. The van der Waals surface area contributed by atoms with Crippen LogP contribution in [-0.2, 0) is 19.5 Å². The van der Waals surface area contributed by atoms with Crippen LogP contribution in [0.1, 0.15) is 12.8 Å². The molecule has 0 aromatic heterocycles. The first kappa shape index (κ1) is 13.0. The minimum absolute atomic E-state index is 0. The first-order chi connectivity index (χ1) is 4.27. The van der Waals surface area contributed by atoms with Gasteiger partial charge in [0.1, 0.15) is 7.85 Å². The summed E-state index contributed by atoms with van der Waals surface area (Å²) >= 11 is 4.39. The van der Waals surface area contributed by atoms with Gasteiger partial charge in [0.2, 0.25) is 0 Å². The number of rotatable bonds is 4. The Balaban J connectivity index is 0. The molecule has 0 bridgehead atoms. The van der Waals surface area contributed by atoms with Gasteiger partial charge in [-0.05, 0) is 18.6 Å². The molecule has 0 radical (unpaired) electrons. The van der Waals surface area contributed by atoms with Crippen molar-refractivity contribution < 1.29 is 24.6 Å². The van der Waals surface area contributed by atoms with Crippen molar-refractivity contribution in [3.8, 4) is 0 Å². The van der Waals surface area contributed by atoms with Crippen molar-refractivity contribution in [3.05, 3.63) is 0 Å². The molecule has 0 amide bonds. The Bertz CT molecular complexity index is 93.7. The molecule has 0 aromatic carbocycles. The van der Waals surface area contributed by atoms with Gasteiger partial charge in [-0.25, -0.2) is 0 Å². The van der Waals surface area contributed by atoms with Crippen molar-refractivity contribution in [1.29, 1.82) is 0 Å². The van der Waals surface area contributed by atoms with Gasteiger partial charge in [-0.1, -0.05) is 12.7 Å². The van der Waals surface area contributed by atoms with E-state index < -0.39 is 0 Å². The zero-order valence-corrected chi connectivity index (χ0v) is 10.2. The Morgan fingerprint density at radius 1 is 1.50 bits per heavy atom. The van der Waals surface area contributed by atoms with Crippen LogP contribution in [0.15, 0.2) is 0 Å². The van der Waals surface area contributed by atoms with Crippen LogP contribution in [0.4, 0.5) is 0 Å². The minimum atomic E-state index is -0.0916. The van der Waals surface area contributed by atoms with E-state index in [4.69, 9.17) is 5.11 Å². The second-order valence-corrected chi connectivity index (χ2v) is 2.33. The second kappa shape index (κ2) is 9.38. The van der Waals surface area contributed by atoms with Crippen LogP contribution in [0.2, 0.25) is 6.32 Å². The summed E-state index contributed by atoms with van der Waals surface area (Å²) in [5.41, 5.74) is 0. The van der Waals surface area contributed by atoms with Crippen LogP contribution in [0.5, 0.6) is 0 Å². The van der Waals surface area contributed by atoms with E-state index in [1.165, 1.54) is 12.7 Å². The topological polar surface area (TPSA) is 32.3 Å². The van der Waals surface area contributed by atoms with Crippen molar-refractivity contribution in [2.75, 3.05) is 6.54 Å². The van der Waals surface area contributed by atoms with E-state index in [0.717, 1.165) is 13.0 Å². The predicted octanol–water partition coefficient (Wildman–Crippen LogP) is 0.248. The summed E-state index contributed by atoms with van der Waals surface area (Å²) < 4.78 is 0. The van der Waals surface area contributed by atoms with Gasteiger partial charge in [0.05, 0.1) is 0 Å². The normalized spacial score (nSPS) is 8.00. The van der Waals surface area contributed by atoms with Gasteiger partial charge in [0, 0.05) is 26.0 Å². The monoisotopic (exact) mass is 209 g/mol. The second-order valence-electron chi connectivity index (χ2n) is 1.94. The molecular weight excluding hydrogens is 198 g/mol. The number of unbranched alkanes of at least 4 members (excludes halogenated alkanes) is 1. The van der Waals surface area contributed by atoms with Gasteiger partial charge < -0.3 is 10.4 Å². The third-order valence-electron chi connectivity index (χ3n) is 1.06. The number of nitrogens with one attached hydrogen (secondary N) is 1. The fraction of sp³-hybridized carbons (Fsp3) is 0.800. The molecule has 0 rings (SSSR count). The summed E-state index contributed by atoms with van der Waals surface area (Å²) in [5, 5.41) is 11.0. The number of aliphatic hydroxyl groups excluding tert-OH is 1. The molecule has 0 saturated carbocycles. The molecule has 0 fully saturated rings. The Kier molecular flexibility index (Phi) is 12.2. The molecule has 0 aliphatic carbocycles. The Morgan fingerprint density at radius 3 is 2.50 bits per heavy atom. The van der Waals surface area contributed by atoms with Crippen LogP contribution in [0.25, 0.3) is 0 Å². The molecule has 0 unspecified atom stereocenters. The SMILES string of the molecule is BCCCCNC(O)=S.[Zn]. The van der Waals surface area contributed by atoms with Crippen molar-refractivity contribution in [1.82, 2.24) is 5.32 Å². The van der Waals surface area contributed by atoms with Crippen LogP contribution in [0, 0.1) is 0 Å². The van der Waals surface area contributed by atoms with Gasteiger partial charge in [-0.15, -0.1) is 0 Å². The van der Waals surface area contributed by atoms with Gasteiger partial charge in [0.25, 0.3) is 5.17 Å². The number of thiocarbonyl (C=S) groups is 1. The van der Waals surface area contributed by atoms with Crippen molar-refractivity contribution >= 4 is 25.2 Å². The molecule has 0 heterocycles. The van der Waals surface area contributed by atoms with Crippen LogP contribution < -0.4 is 5.32 Å². The summed E-state index contributed by atoms with van der Waals surface area (Å²) in [6, 6.07) is 0. The third-order valence-corrected chi connectivity index (χ3v) is 1.20. The molecule has 0 spiro atoms. The quantitative estimate of drug-likeness (QED) is 0.396. The van der Waals surface area contributed by atoms with Gasteiger partial charge in [-0.3, -0.25) is 0 Å². The van der Waals surface area contributed by atoms with Gasteiger partial charge in [0.15, 0.2) is 0 Å². The maximum Gasteiger partial charge on any atom is 0.254 e. The Hall–Kier alpha value is 0.378. The average Bonchev–Trinajstić information content (AvgIpc) is 1.80. The summed E-state index contributed by atoms with van der Waals surface area (Å²) in [4.78, 5) is 0. The van der Waals surface area contributed by atoms with E-state index in [0.29, 0.717) is 0 Å². The van der Waals surface area contributed by atoms with E-state index in [2.05, 4.69) is 25.4 Å². The van der Waals surface area contributed by atoms with Crippen LogP contribution in [-0.4, -0.2) is 24.7 Å². The molecule has 0 saturated heterocycles. The molecule has 10 heavy (non-hydrogen) atoms. The fourth-order valence-electron chi connectivity index (χ4n) is 0.570. The van der Waals surface area contributed by atoms with Gasteiger partial charge in [-0.2, -0.15) is 0 Å². The van der Waals surface area contributed by atoms with E-state index in [1.54, 1.807) is 0 Å². The van der Waals surface area contributed by atoms with Gasteiger partial charge >= 0.3 is 0 Å². The zero-order valence-electron chi connectivity index (χ0n) is 6.39. The van der Waals surface area contributed by atoms with Crippen molar-refractivity contribution in [2.24, 2.45) is 0 Å². The van der Waals surface area contributed by atoms with E-state index in [1.807, 2.05) is 0 Å². The number of hydrogen-bond acceptors (Lipinski definition) is 1. The van der Waals surface area contributed by atoms with Crippen LogP contribution >= 0.6 is 12.2 Å². The molecule has 0 aliphatic rings. The van der Waals surface area contributed by atoms with E-state index in [9.17, 15) is 0 Å². The molecular formula is C5H12BNOSZn.